The molecule has 4 heterocycles. The molecule has 0 aliphatic carbocycles. The molecule has 178 valence electrons. The van der Waals surface area contributed by atoms with Gasteiger partial charge in [-0.15, -0.1) is 0 Å². The van der Waals surface area contributed by atoms with Crippen molar-refractivity contribution in [3.63, 3.8) is 0 Å². The van der Waals surface area contributed by atoms with Gasteiger partial charge < -0.3 is 15.1 Å². The number of aryl methyl sites for hydroxylation is 2. The molecule has 10 nitrogen and oxygen atoms in total. The summed E-state index contributed by atoms with van der Waals surface area (Å²) in [6, 6.07) is 14.8. The Morgan fingerprint density at radius 3 is 2.57 bits per heavy atom. The van der Waals surface area contributed by atoms with E-state index in [-0.39, 0.29) is 17.9 Å². The van der Waals surface area contributed by atoms with Gasteiger partial charge in [-0.1, -0.05) is 18.2 Å². The minimum absolute atomic E-state index is 0.0288. The van der Waals surface area contributed by atoms with Gasteiger partial charge in [0.1, 0.15) is 23.3 Å². The lowest BCUT2D eigenvalue weighted by molar-refractivity contribution is -0.131. The normalized spacial score (nSPS) is 13.7. The number of anilines is 3. The van der Waals surface area contributed by atoms with Crippen LogP contribution in [0.4, 0.5) is 17.5 Å². The maximum absolute atomic E-state index is 12.8. The average Bonchev–Trinajstić information content (AvgIpc) is 2.89. The Hall–Kier alpha value is -4.34. The fourth-order valence-electron chi connectivity index (χ4n) is 4.17. The van der Waals surface area contributed by atoms with Crippen LogP contribution in [0.1, 0.15) is 12.2 Å². The van der Waals surface area contributed by atoms with Gasteiger partial charge in [0.15, 0.2) is 0 Å². The second-order valence-electron chi connectivity index (χ2n) is 8.38. The maximum Gasteiger partial charge on any atom is 0.261 e. The summed E-state index contributed by atoms with van der Waals surface area (Å²) < 4.78 is 1.51. The molecule has 4 aromatic rings. The van der Waals surface area contributed by atoms with Gasteiger partial charge in [-0.25, -0.2) is 19.9 Å². The molecule has 1 saturated heterocycles. The summed E-state index contributed by atoms with van der Waals surface area (Å²) in [5, 5.41) is 3.78. The number of fused-ring (bicyclic) bond motifs is 1. The Balaban J connectivity index is 1.19. The third kappa shape index (κ3) is 5.11. The average molecular weight is 471 g/mol. The summed E-state index contributed by atoms with van der Waals surface area (Å²) in [7, 11) is 0. The SMILES string of the molecule is Cc1nc(Nc2ccccn2)cc(N2CCN(C(=O)CCn3cnc4ccccc4c3=O)CC2)n1. The lowest BCUT2D eigenvalue weighted by Crippen LogP contribution is -2.49. The topological polar surface area (TPSA) is 109 Å². The highest BCUT2D eigenvalue weighted by molar-refractivity contribution is 5.78. The molecule has 5 rings (SSSR count). The first-order chi connectivity index (χ1) is 17.1. The second kappa shape index (κ2) is 9.88. The third-order valence-electron chi connectivity index (χ3n) is 6.00. The van der Waals surface area contributed by atoms with Crippen LogP contribution in [0.2, 0.25) is 0 Å². The highest BCUT2D eigenvalue weighted by Crippen LogP contribution is 2.20. The Bertz CT molecular complexity index is 1400. The van der Waals surface area contributed by atoms with Crippen molar-refractivity contribution in [1.29, 1.82) is 0 Å². The molecule has 0 spiro atoms. The summed E-state index contributed by atoms with van der Waals surface area (Å²) in [6.07, 6.45) is 3.50. The van der Waals surface area contributed by atoms with Crippen LogP contribution in [0.15, 0.2) is 65.8 Å². The molecule has 0 radical (unpaired) electrons. The predicted molar refractivity (Wildman–Crippen MR) is 134 cm³/mol. The summed E-state index contributed by atoms with van der Waals surface area (Å²) >= 11 is 0. The van der Waals surface area contributed by atoms with Gasteiger partial charge in [-0.3, -0.25) is 14.2 Å². The molecule has 1 aliphatic heterocycles. The summed E-state index contributed by atoms with van der Waals surface area (Å²) in [5.41, 5.74) is 0.539. The number of amides is 1. The first-order valence-corrected chi connectivity index (χ1v) is 11.6. The molecule has 1 aromatic carbocycles. The number of aromatic nitrogens is 5. The van der Waals surface area contributed by atoms with Gasteiger partial charge in [-0.05, 0) is 31.2 Å². The molecule has 3 aromatic heterocycles. The number of hydrogen-bond donors (Lipinski definition) is 1. The van der Waals surface area contributed by atoms with E-state index >= 15 is 0 Å². The van der Waals surface area contributed by atoms with E-state index in [0.717, 1.165) is 5.82 Å². The van der Waals surface area contributed by atoms with Crippen LogP contribution in [0.3, 0.4) is 0 Å². The summed E-state index contributed by atoms with van der Waals surface area (Å²) in [4.78, 5) is 47.1. The lowest BCUT2D eigenvalue weighted by Gasteiger charge is -2.35. The van der Waals surface area contributed by atoms with Gasteiger partial charge in [0.05, 0.1) is 17.2 Å². The standard InChI is InChI=1S/C25H26N8O2/c1-18-28-22(30-21-8-4-5-10-26-21)16-23(29-18)31-12-14-32(15-13-31)24(34)9-11-33-17-27-20-7-3-2-6-19(20)25(33)35/h2-8,10,16-17H,9,11-15H2,1H3,(H,26,28,29,30). The van der Waals surface area contributed by atoms with Crippen LogP contribution in [-0.4, -0.2) is 61.5 Å². The van der Waals surface area contributed by atoms with Crippen LogP contribution in [0.5, 0.6) is 0 Å². The number of para-hydroxylation sites is 1. The maximum atomic E-state index is 12.8. The van der Waals surface area contributed by atoms with Crippen molar-refractivity contribution in [2.24, 2.45) is 0 Å². The van der Waals surface area contributed by atoms with Crippen molar-refractivity contribution >= 4 is 34.3 Å². The molecule has 1 amide bonds. The fraction of sp³-hybridized carbons (Fsp3) is 0.280. The molecule has 0 saturated carbocycles. The number of rotatable bonds is 6. The van der Waals surface area contributed by atoms with Gasteiger partial charge in [0, 0.05) is 51.4 Å². The van der Waals surface area contributed by atoms with Gasteiger partial charge >= 0.3 is 0 Å². The smallest absolute Gasteiger partial charge is 0.261 e. The number of carbonyl (C=O) groups excluding carboxylic acids is 1. The molecule has 0 bridgehead atoms. The lowest BCUT2D eigenvalue weighted by atomic mass is 10.2. The quantitative estimate of drug-likeness (QED) is 0.458. The van der Waals surface area contributed by atoms with E-state index in [2.05, 4.69) is 30.2 Å². The number of hydrogen-bond acceptors (Lipinski definition) is 8. The van der Waals surface area contributed by atoms with E-state index in [4.69, 9.17) is 0 Å². The Kier molecular flexibility index (Phi) is 6.34. The molecular weight excluding hydrogens is 444 g/mol. The number of piperazine rings is 1. The first-order valence-electron chi connectivity index (χ1n) is 11.6. The van der Waals surface area contributed by atoms with Crippen molar-refractivity contribution in [1.82, 2.24) is 29.4 Å². The highest BCUT2D eigenvalue weighted by atomic mass is 16.2. The largest absolute Gasteiger partial charge is 0.353 e. The number of benzene rings is 1. The monoisotopic (exact) mass is 470 g/mol. The highest BCUT2D eigenvalue weighted by Gasteiger charge is 2.22. The van der Waals surface area contributed by atoms with Crippen LogP contribution in [0, 0.1) is 6.92 Å². The van der Waals surface area contributed by atoms with Crippen molar-refractivity contribution < 1.29 is 4.79 Å². The van der Waals surface area contributed by atoms with Gasteiger partial charge in [0.25, 0.3) is 5.56 Å². The Morgan fingerprint density at radius 1 is 0.971 bits per heavy atom. The van der Waals surface area contributed by atoms with E-state index in [1.807, 2.05) is 54.3 Å². The minimum atomic E-state index is -0.123. The number of pyridine rings is 1. The second-order valence-corrected chi connectivity index (χ2v) is 8.38. The number of nitrogens with one attached hydrogen (secondary N) is 1. The van der Waals surface area contributed by atoms with Crippen LogP contribution in [-0.2, 0) is 11.3 Å². The zero-order valence-corrected chi connectivity index (χ0v) is 19.5. The predicted octanol–water partition coefficient (Wildman–Crippen LogP) is 2.37. The first kappa shape index (κ1) is 22.5. The number of nitrogens with zero attached hydrogens (tertiary/aromatic N) is 7. The van der Waals surface area contributed by atoms with Gasteiger partial charge in [-0.2, -0.15) is 0 Å². The van der Waals surface area contributed by atoms with Gasteiger partial charge in [0.2, 0.25) is 5.91 Å². The van der Waals surface area contributed by atoms with E-state index in [0.29, 0.717) is 61.1 Å². The molecule has 0 atom stereocenters. The van der Waals surface area contributed by atoms with Crippen LogP contribution < -0.4 is 15.8 Å². The van der Waals surface area contributed by atoms with Crippen LogP contribution >= 0.6 is 0 Å². The summed E-state index contributed by atoms with van der Waals surface area (Å²) in [6.45, 7) is 4.69. The third-order valence-corrected chi connectivity index (χ3v) is 6.00. The van der Waals surface area contributed by atoms with E-state index in [9.17, 15) is 9.59 Å². The fourth-order valence-corrected chi connectivity index (χ4v) is 4.17. The number of carbonyl (C=O) groups is 1. The van der Waals surface area contributed by atoms with E-state index in [1.165, 1.54) is 10.9 Å². The van der Waals surface area contributed by atoms with E-state index < -0.39 is 0 Å². The Morgan fingerprint density at radius 2 is 1.77 bits per heavy atom. The summed E-state index contributed by atoms with van der Waals surface area (Å²) in [5.74, 6) is 2.90. The Labute approximate surface area is 202 Å². The minimum Gasteiger partial charge on any atom is -0.353 e. The van der Waals surface area contributed by atoms with Crippen LogP contribution in [0.25, 0.3) is 10.9 Å². The van der Waals surface area contributed by atoms with Crippen molar-refractivity contribution in [2.75, 3.05) is 36.4 Å². The molecular formula is C25H26N8O2. The molecule has 35 heavy (non-hydrogen) atoms. The molecule has 1 aliphatic rings. The molecule has 1 N–H and O–H groups in total. The van der Waals surface area contributed by atoms with Crippen molar-refractivity contribution in [3.05, 3.63) is 77.2 Å². The van der Waals surface area contributed by atoms with Crippen molar-refractivity contribution in [3.8, 4) is 0 Å². The zero-order valence-electron chi connectivity index (χ0n) is 19.5. The zero-order chi connectivity index (χ0) is 24.2. The molecule has 1 fully saturated rings. The van der Waals surface area contributed by atoms with E-state index in [1.54, 1.807) is 12.3 Å². The molecule has 0 unspecified atom stereocenters. The molecule has 10 heteroatoms. The van der Waals surface area contributed by atoms with Crippen molar-refractivity contribution in [2.45, 2.75) is 19.9 Å².